The Bertz CT molecular complexity index is 1640. The van der Waals surface area contributed by atoms with Crippen molar-refractivity contribution >= 4 is 27.5 Å². The lowest BCUT2D eigenvalue weighted by Crippen LogP contribution is -2.53. The van der Waals surface area contributed by atoms with Gasteiger partial charge in [-0.3, -0.25) is 13.9 Å². The van der Waals surface area contributed by atoms with Gasteiger partial charge in [0.15, 0.2) is 0 Å². The van der Waals surface area contributed by atoms with Gasteiger partial charge < -0.3 is 15.0 Å². The predicted molar refractivity (Wildman–Crippen MR) is 173 cm³/mol. The molecule has 2 amide bonds. The number of hydrogen-bond acceptors (Lipinski definition) is 5. The summed E-state index contributed by atoms with van der Waals surface area (Å²) in [4.78, 5) is 29.3. The summed E-state index contributed by atoms with van der Waals surface area (Å²) < 4.78 is 34.9. The first-order valence-electron chi connectivity index (χ1n) is 14.5. The number of carbonyl (C=O) groups excluding carboxylic acids is 2. The summed E-state index contributed by atoms with van der Waals surface area (Å²) in [5.41, 5.74) is 3.96. The molecule has 0 aliphatic heterocycles. The molecule has 4 rings (SSSR count). The van der Waals surface area contributed by atoms with Gasteiger partial charge in [-0.2, -0.15) is 0 Å². The quantitative estimate of drug-likeness (QED) is 0.221. The fourth-order valence-electron chi connectivity index (χ4n) is 4.85. The molecular weight excluding hydrogens is 574 g/mol. The molecule has 0 saturated heterocycles. The van der Waals surface area contributed by atoms with E-state index in [2.05, 4.69) is 5.32 Å². The van der Waals surface area contributed by atoms with Crippen LogP contribution in [0.2, 0.25) is 0 Å². The van der Waals surface area contributed by atoms with Crippen molar-refractivity contribution in [2.75, 3.05) is 24.5 Å². The molecule has 4 aromatic carbocycles. The topological polar surface area (TPSA) is 96.0 Å². The summed E-state index contributed by atoms with van der Waals surface area (Å²) in [6.07, 6.45) is 0.256. The van der Waals surface area contributed by atoms with Gasteiger partial charge in [0, 0.05) is 20.0 Å². The second-order valence-electron chi connectivity index (χ2n) is 10.6. The van der Waals surface area contributed by atoms with E-state index in [-0.39, 0.29) is 23.8 Å². The van der Waals surface area contributed by atoms with E-state index < -0.39 is 28.5 Å². The molecule has 0 bridgehead atoms. The number of rotatable bonds is 13. The van der Waals surface area contributed by atoms with E-state index >= 15 is 0 Å². The lowest BCUT2D eigenvalue weighted by Gasteiger charge is -2.33. The molecule has 0 aliphatic carbocycles. The van der Waals surface area contributed by atoms with Crippen LogP contribution in [0.4, 0.5) is 5.69 Å². The van der Waals surface area contributed by atoms with Crippen LogP contribution < -0.4 is 14.4 Å². The van der Waals surface area contributed by atoms with Crippen LogP contribution in [0.5, 0.6) is 5.75 Å². The zero-order valence-electron chi connectivity index (χ0n) is 25.6. The van der Waals surface area contributed by atoms with Crippen LogP contribution in [0.25, 0.3) is 0 Å². The molecule has 230 valence electrons. The summed E-state index contributed by atoms with van der Waals surface area (Å²) in [5.74, 6) is -0.276. The van der Waals surface area contributed by atoms with Gasteiger partial charge in [-0.25, -0.2) is 8.42 Å². The van der Waals surface area contributed by atoms with E-state index in [1.807, 2.05) is 75.4 Å². The number of aryl methyl sites for hydroxylation is 2. The van der Waals surface area contributed by atoms with Crippen LogP contribution in [0.1, 0.15) is 29.2 Å². The van der Waals surface area contributed by atoms with E-state index in [9.17, 15) is 18.0 Å². The third-order valence-corrected chi connectivity index (χ3v) is 9.10. The van der Waals surface area contributed by atoms with Gasteiger partial charge in [0.1, 0.15) is 18.3 Å². The van der Waals surface area contributed by atoms with Crippen molar-refractivity contribution in [3.05, 3.63) is 125 Å². The number of likely N-dealkylation sites (N-methyl/N-ethyl adjacent to an activating group) is 1. The molecule has 0 spiro atoms. The molecule has 0 heterocycles. The average molecular weight is 614 g/mol. The molecule has 4 aromatic rings. The Labute approximate surface area is 260 Å². The molecule has 0 aromatic heterocycles. The molecule has 0 saturated carbocycles. The molecule has 1 N–H and O–H groups in total. The average Bonchev–Trinajstić information content (AvgIpc) is 3.03. The largest absolute Gasteiger partial charge is 0.494 e. The van der Waals surface area contributed by atoms with Crippen molar-refractivity contribution in [3.8, 4) is 5.75 Å². The molecule has 0 aliphatic rings. The maximum atomic E-state index is 14.4. The molecule has 0 unspecified atom stereocenters. The first-order chi connectivity index (χ1) is 21.1. The maximum Gasteiger partial charge on any atom is 0.264 e. The van der Waals surface area contributed by atoms with Crippen molar-refractivity contribution in [2.45, 2.75) is 44.7 Å². The molecule has 8 nitrogen and oxygen atoms in total. The summed E-state index contributed by atoms with van der Waals surface area (Å²) in [5, 5.41) is 2.70. The normalized spacial score (nSPS) is 11.8. The van der Waals surface area contributed by atoms with Crippen molar-refractivity contribution in [3.63, 3.8) is 0 Å². The second kappa shape index (κ2) is 14.7. The van der Waals surface area contributed by atoms with E-state index in [0.29, 0.717) is 18.0 Å². The summed E-state index contributed by atoms with van der Waals surface area (Å²) >= 11 is 0. The standard InChI is InChI=1S/C35H39N3O5S/c1-5-43-31-19-17-30(18-20-31)38(44(41,42)32-21-13-27(3)14-22-32)25-34(39)37(24-29-15-11-26(2)12-16-29)33(35(40)36-4)23-28-9-7-6-8-10-28/h6-22,33H,5,23-25H2,1-4H3,(H,36,40)/t33-/m0/s1. The maximum absolute atomic E-state index is 14.4. The summed E-state index contributed by atoms with van der Waals surface area (Å²) in [6.45, 7) is 5.77. The molecule has 0 radical (unpaired) electrons. The first-order valence-corrected chi connectivity index (χ1v) is 16.0. The van der Waals surface area contributed by atoms with Gasteiger partial charge in [0.25, 0.3) is 10.0 Å². The SMILES string of the molecule is CCOc1ccc(N(CC(=O)N(Cc2ccc(C)cc2)[C@@H](Cc2ccccc2)C(=O)NC)S(=O)(=O)c2ccc(C)cc2)cc1. The highest BCUT2D eigenvalue weighted by Gasteiger charge is 2.34. The van der Waals surface area contributed by atoms with Crippen LogP contribution >= 0.6 is 0 Å². The summed E-state index contributed by atoms with van der Waals surface area (Å²) in [7, 11) is -2.64. The number of anilines is 1. The molecule has 1 atom stereocenters. The smallest absolute Gasteiger partial charge is 0.264 e. The van der Waals surface area contributed by atoms with E-state index in [1.54, 1.807) is 36.4 Å². The van der Waals surface area contributed by atoms with Gasteiger partial charge in [0.2, 0.25) is 11.8 Å². The Balaban J connectivity index is 1.78. The van der Waals surface area contributed by atoms with Crippen molar-refractivity contribution in [2.24, 2.45) is 0 Å². The zero-order chi connectivity index (χ0) is 31.7. The van der Waals surface area contributed by atoms with Crippen LogP contribution in [0, 0.1) is 13.8 Å². The minimum atomic E-state index is -4.17. The van der Waals surface area contributed by atoms with Crippen LogP contribution in [0.3, 0.4) is 0 Å². The van der Waals surface area contributed by atoms with Crippen molar-refractivity contribution < 1.29 is 22.7 Å². The Morgan fingerprint density at radius 3 is 1.95 bits per heavy atom. The number of nitrogens with zero attached hydrogens (tertiary/aromatic N) is 2. The molecule has 0 fully saturated rings. The van der Waals surface area contributed by atoms with E-state index in [1.165, 1.54) is 24.1 Å². The third-order valence-electron chi connectivity index (χ3n) is 7.31. The fourth-order valence-corrected chi connectivity index (χ4v) is 6.27. The number of sulfonamides is 1. The van der Waals surface area contributed by atoms with Gasteiger partial charge in [-0.05, 0) is 68.3 Å². The Morgan fingerprint density at radius 2 is 1.39 bits per heavy atom. The minimum absolute atomic E-state index is 0.0574. The van der Waals surface area contributed by atoms with Gasteiger partial charge >= 0.3 is 0 Å². The number of amides is 2. The highest BCUT2D eigenvalue weighted by atomic mass is 32.2. The number of carbonyl (C=O) groups is 2. The molecular formula is C35H39N3O5S. The monoisotopic (exact) mass is 613 g/mol. The first kappa shape index (κ1) is 32.3. The Hall–Kier alpha value is -4.63. The number of hydrogen-bond donors (Lipinski definition) is 1. The van der Waals surface area contributed by atoms with Crippen LogP contribution in [-0.2, 0) is 32.6 Å². The number of nitrogens with one attached hydrogen (secondary N) is 1. The van der Waals surface area contributed by atoms with E-state index in [0.717, 1.165) is 26.6 Å². The lowest BCUT2D eigenvalue weighted by atomic mass is 10.0. The highest BCUT2D eigenvalue weighted by Crippen LogP contribution is 2.27. The van der Waals surface area contributed by atoms with Crippen molar-refractivity contribution in [1.29, 1.82) is 0 Å². The van der Waals surface area contributed by atoms with Crippen LogP contribution in [0.15, 0.2) is 108 Å². The molecule has 44 heavy (non-hydrogen) atoms. The van der Waals surface area contributed by atoms with Crippen molar-refractivity contribution in [1.82, 2.24) is 10.2 Å². The second-order valence-corrected chi connectivity index (χ2v) is 12.4. The number of benzene rings is 4. The highest BCUT2D eigenvalue weighted by molar-refractivity contribution is 7.92. The predicted octanol–water partition coefficient (Wildman–Crippen LogP) is 5.28. The molecule has 9 heteroatoms. The zero-order valence-corrected chi connectivity index (χ0v) is 26.4. The van der Waals surface area contributed by atoms with E-state index in [4.69, 9.17) is 4.74 Å². The van der Waals surface area contributed by atoms with Gasteiger partial charge in [-0.1, -0.05) is 77.9 Å². The fraction of sp³-hybridized carbons (Fsp3) is 0.257. The Kier molecular flexibility index (Phi) is 10.8. The Morgan fingerprint density at radius 1 is 0.795 bits per heavy atom. The van der Waals surface area contributed by atoms with Crippen LogP contribution in [-0.4, -0.2) is 51.4 Å². The minimum Gasteiger partial charge on any atom is -0.494 e. The third kappa shape index (κ3) is 8.05. The number of ether oxygens (including phenoxy) is 1. The summed E-state index contributed by atoms with van der Waals surface area (Å²) in [6, 6.07) is 29.4. The van der Waals surface area contributed by atoms with Gasteiger partial charge in [0.05, 0.1) is 17.2 Å². The lowest BCUT2D eigenvalue weighted by molar-refractivity contribution is -0.139. The van der Waals surface area contributed by atoms with Gasteiger partial charge in [-0.15, -0.1) is 0 Å².